The summed E-state index contributed by atoms with van der Waals surface area (Å²) < 4.78 is 13.1. The van der Waals surface area contributed by atoms with Gasteiger partial charge in [0.15, 0.2) is 0 Å². The van der Waals surface area contributed by atoms with Crippen LogP contribution in [0.5, 0.6) is 0 Å². The van der Waals surface area contributed by atoms with Crippen molar-refractivity contribution in [2.75, 3.05) is 6.61 Å². The molecule has 0 amide bonds. The van der Waals surface area contributed by atoms with Crippen molar-refractivity contribution < 1.29 is 9.50 Å². The predicted octanol–water partition coefficient (Wildman–Crippen LogP) is 0.736. The molecule has 0 radical (unpaired) electrons. The van der Waals surface area contributed by atoms with E-state index in [0.717, 1.165) is 0 Å². The highest BCUT2D eigenvalue weighted by molar-refractivity contribution is 5.25. The zero-order valence-corrected chi connectivity index (χ0v) is 6.42. The van der Waals surface area contributed by atoms with Gasteiger partial charge in [0.1, 0.15) is 5.83 Å². The van der Waals surface area contributed by atoms with E-state index in [1.165, 1.54) is 6.08 Å². The van der Waals surface area contributed by atoms with Crippen molar-refractivity contribution >= 4 is 0 Å². The lowest BCUT2D eigenvalue weighted by Crippen LogP contribution is -2.42. The Morgan fingerprint density at radius 2 is 2.45 bits per heavy atom. The van der Waals surface area contributed by atoms with Crippen molar-refractivity contribution in [3.63, 3.8) is 0 Å². The van der Waals surface area contributed by atoms with Crippen molar-refractivity contribution in [2.24, 2.45) is 11.1 Å². The number of rotatable bonds is 1. The molecule has 1 aliphatic carbocycles. The highest BCUT2D eigenvalue weighted by atomic mass is 19.1. The fourth-order valence-corrected chi connectivity index (χ4v) is 1.00. The summed E-state index contributed by atoms with van der Waals surface area (Å²) in [7, 11) is 0. The molecule has 11 heavy (non-hydrogen) atoms. The molecule has 0 spiro atoms. The number of nitrogens with two attached hydrogens (primary N) is 1. The van der Waals surface area contributed by atoms with Crippen molar-refractivity contribution in [3.8, 4) is 0 Å². The van der Waals surface area contributed by atoms with Gasteiger partial charge >= 0.3 is 0 Å². The smallest absolute Gasteiger partial charge is 0.110 e. The highest BCUT2D eigenvalue weighted by Crippen LogP contribution is 2.33. The molecule has 2 unspecified atom stereocenters. The van der Waals surface area contributed by atoms with E-state index in [1.807, 2.05) is 0 Å². The Kier molecular flexibility index (Phi) is 2.11. The monoisotopic (exact) mass is 157 g/mol. The van der Waals surface area contributed by atoms with E-state index in [4.69, 9.17) is 10.8 Å². The van der Waals surface area contributed by atoms with Crippen LogP contribution in [-0.4, -0.2) is 17.8 Å². The third-order valence-corrected chi connectivity index (χ3v) is 2.17. The molecule has 0 saturated carbocycles. The Morgan fingerprint density at radius 3 is 2.82 bits per heavy atom. The van der Waals surface area contributed by atoms with Crippen molar-refractivity contribution in [3.05, 3.63) is 24.1 Å². The number of aliphatic hydroxyl groups is 1. The maximum absolute atomic E-state index is 13.1. The van der Waals surface area contributed by atoms with Gasteiger partial charge in [-0.3, -0.25) is 0 Å². The van der Waals surface area contributed by atoms with Crippen LogP contribution in [0.2, 0.25) is 0 Å². The molecule has 0 bridgehead atoms. The first kappa shape index (κ1) is 8.43. The van der Waals surface area contributed by atoms with Gasteiger partial charge in [0.05, 0.1) is 12.0 Å². The Balaban J connectivity index is 2.94. The maximum atomic E-state index is 13.1. The van der Waals surface area contributed by atoms with E-state index in [1.54, 1.807) is 19.1 Å². The van der Waals surface area contributed by atoms with Crippen LogP contribution in [-0.2, 0) is 0 Å². The normalized spacial score (nSPS) is 37.1. The lowest BCUT2D eigenvalue weighted by molar-refractivity contribution is 0.137. The summed E-state index contributed by atoms with van der Waals surface area (Å²) in [5.74, 6) is -0.352. The minimum atomic E-state index is -0.922. The molecule has 1 rings (SSSR count). The van der Waals surface area contributed by atoms with E-state index in [2.05, 4.69) is 0 Å². The summed E-state index contributed by atoms with van der Waals surface area (Å²) in [5.41, 5.74) is 4.66. The zero-order chi connectivity index (χ0) is 8.48. The molecule has 0 aromatic heterocycles. The average Bonchev–Trinajstić information content (AvgIpc) is 2.00. The molecule has 0 saturated heterocycles. The first-order valence-electron chi connectivity index (χ1n) is 3.52. The minimum Gasteiger partial charge on any atom is -0.395 e. The molecular formula is C8H12FNO. The molecule has 0 fully saturated rings. The summed E-state index contributed by atoms with van der Waals surface area (Å²) in [6.07, 6.45) is 4.58. The topological polar surface area (TPSA) is 46.2 Å². The van der Waals surface area contributed by atoms with Crippen LogP contribution in [0.3, 0.4) is 0 Å². The maximum Gasteiger partial charge on any atom is 0.110 e. The largest absolute Gasteiger partial charge is 0.395 e. The number of allylic oxidation sites excluding steroid dienone is 2. The number of aliphatic hydroxyl groups excluding tert-OH is 1. The Bertz CT molecular complexity index is 212. The molecule has 0 aromatic rings. The highest BCUT2D eigenvalue weighted by Gasteiger charge is 2.35. The second kappa shape index (κ2) is 2.75. The molecular weight excluding hydrogens is 145 g/mol. The lowest BCUT2D eigenvalue weighted by Gasteiger charge is -2.32. The summed E-state index contributed by atoms with van der Waals surface area (Å²) in [6, 6.07) is -0.433. The number of hydrogen-bond acceptors (Lipinski definition) is 2. The molecule has 0 heterocycles. The van der Waals surface area contributed by atoms with Crippen LogP contribution in [0.15, 0.2) is 24.1 Å². The lowest BCUT2D eigenvalue weighted by atomic mass is 9.79. The minimum absolute atomic E-state index is 0.263. The number of halogens is 1. The predicted molar refractivity (Wildman–Crippen MR) is 41.5 cm³/mol. The standard InChI is InChI=1S/C8H12FNO/c1-8(5-11)6(9)3-2-4-7(8)10/h2-4,7,11H,5,10H2,1H3. The van der Waals surface area contributed by atoms with Gasteiger partial charge in [-0.15, -0.1) is 0 Å². The molecule has 62 valence electrons. The van der Waals surface area contributed by atoms with Gasteiger partial charge in [-0.25, -0.2) is 4.39 Å². The third-order valence-electron chi connectivity index (χ3n) is 2.17. The van der Waals surface area contributed by atoms with Crippen LogP contribution in [0.4, 0.5) is 4.39 Å². The first-order valence-corrected chi connectivity index (χ1v) is 3.52. The Labute approximate surface area is 65.2 Å². The molecule has 3 N–H and O–H groups in total. The summed E-state index contributed by atoms with van der Waals surface area (Å²) in [5, 5.41) is 8.90. The van der Waals surface area contributed by atoms with Gasteiger partial charge in [-0.05, 0) is 13.0 Å². The van der Waals surface area contributed by atoms with Gasteiger partial charge in [0.2, 0.25) is 0 Å². The summed E-state index contributed by atoms with van der Waals surface area (Å²) in [6.45, 7) is 1.34. The van der Waals surface area contributed by atoms with Crippen molar-refractivity contribution in [1.82, 2.24) is 0 Å². The van der Waals surface area contributed by atoms with Crippen molar-refractivity contribution in [2.45, 2.75) is 13.0 Å². The van der Waals surface area contributed by atoms with Crippen LogP contribution in [0.1, 0.15) is 6.92 Å². The van der Waals surface area contributed by atoms with E-state index >= 15 is 0 Å². The fraction of sp³-hybridized carbons (Fsp3) is 0.500. The van der Waals surface area contributed by atoms with Gasteiger partial charge in [0.25, 0.3) is 0 Å². The molecule has 2 nitrogen and oxygen atoms in total. The average molecular weight is 157 g/mol. The van der Waals surface area contributed by atoms with E-state index in [0.29, 0.717) is 0 Å². The van der Waals surface area contributed by atoms with E-state index < -0.39 is 11.5 Å². The van der Waals surface area contributed by atoms with E-state index in [-0.39, 0.29) is 12.4 Å². The molecule has 0 aromatic carbocycles. The third kappa shape index (κ3) is 1.21. The van der Waals surface area contributed by atoms with E-state index in [9.17, 15) is 4.39 Å². The molecule has 0 aliphatic heterocycles. The van der Waals surface area contributed by atoms with Gasteiger partial charge in [-0.2, -0.15) is 0 Å². The molecule has 3 heteroatoms. The Hall–Kier alpha value is -0.670. The van der Waals surface area contributed by atoms with Gasteiger partial charge < -0.3 is 10.8 Å². The van der Waals surface area contributed by atoms with Crippen LogP contribution < -0.4 is 5.73 Å². The van der Waals surface area contributed by atoms with Crippen LogP contribution in [0, 0.1) is 5.41 Å². The Morgan fingerprint density at radius 1 is 1.82 bits per heavy atom. The quantitative estimate of drug-likeness (QED) is 0.589. The van der Waals surface area contributed by atoms with Crippen LogP contribution >= 0.6 is 0 Å². The van der Waals surface area contributed by atoms with Crippen LogP contribution in [0.25, 0.3) is 0 Å². The molecule has 2 atom stereocenters. The number of hydrogen-bond donors (Lipinski definition) is 2. The zero-order valence-electron chi connectivity index (χ0n) is 6.42. The van der Waals surface area contributed by atoms with Gasteiger partial charge in [-0.1, -0.05) is 12.2 Å². The molecule has 1 aliphatic rings. The summed E-state index contributed by atoms with van der Waals surface area (Å²) >= 11 is 0. The van der Waals surface area contributed by atoms with Crippen molar-refractivity contribution in [1.29, 1.82) is 0 Å². The second-order valence-electron chi connectivity index (χ2n) is 3.00. The second-order valence-corrected chi connectivity index (χ2v) is 3.00. The SMILES string of the molecule is CC1(CO)C(F)=CC=CC1N. The summed E-state index contributed by atoms with van der Waals surface area (Å²) in [4.78, 5) is 0. The van der Waals surface area contributed by atoms with Gasteiger partial charge in [0, 0.05) is 6.04 Å². The fourth-order valence-electron chi connectivity index (χ4n) is 1.00. The first-order chi connectivity index (χ1) is 5.11.